The van der Waals surface area contributed by atoms with Crippen LogP contribution in [-0.2, 0) is 13.1 Å². The number of nitrogens with zero attached hydrogens (tertiary/aromatic N) is 3. The number of rotatable bonds is 6. The van der Waals surface area contributed by atoms with Crippen molar-refractivity contribution in [1.82, 2.24) is 19.7 Å². The Kier molecular flexibility index (Phi) is 6.64. The Balaban J connectivity index is 1.28. The van der Waals surface area contributed by atoms with Crippen molar-refractivity contribution in [2.24, 2.45) is 0 Å². The third-order valence-corrected chi connectivity index (χ3v) is 6.67. The standard InChI is InChI=1S/C29H30N4O2/c1-31-15-17-32(18-16-31)29(35)24-13-11-22(12-14-24)20-30-28(34)27-19-25-9-5-6-10-26(25)33(27)21-23-7-3-2-4-8-23/h2-14,19H,15-18,20-21H2,1H3,(H,30,34). The minimum absolute atomic E-state index is 0.0686. The Morgan fingerprint density at radius 1 is 0.800 bits per heavy atom. The summed E-state index contributed by atoms with van der Waals surface area (Å²) in [5, 5.41) is 4.10. The second-order valence-electron chi connectivity index (χ2n) is 9.14. The number of aromatic nitrogens is 1. The molecule has 0 atom stereocenters. The fraction of sp³-hybridized carbons (Fsp3) is 0.241. The number of hydrogen-bond acceptors (Lipinski definition) is 3. The van der Waals surface area contributed by atoms with E-state index in [1.807, 2.05) is 77.7 Å². The van der Waals surface area contributed by atoms with Crippen LogP contribution in [0.15, 0.2) is 84.9 Å². The number of likely N-dealkylation sites (N-methyl/N-ethyl adjacent to an activating group) is 1. The summed E-state index contributed by atoms with van der Waals surface area (Å²) in [7, 11) is 2.08. The lowest BCUT2D eigenvalue weighted by Crippen LogP contribution is -2.47. The lowest BCUT2D eigenvalue weighted by molar-refractivity contribution is 0.0664. The summed E-state index contributed by atoms with van der Waals surface area (Å²) in [6.07, 6.45) is 0. The molecule has 6 heteroatoms. The van der Waals surface area contributed by atoms with Crippen LogP contribution in [0.25, 0.3) is 10.9 Å². The van der Waals surface area contributed by atoms with E-state index < -0.39 is 0 Å². The molecule has 0 spiro atoms. The van der Waals surface area contributed by atoms with Crippen LogP contribution in [0.4, 0.5) is 0 Å². The van der Waals surface area contributed by atoms with Gasteiger partial charge < -0.3 is 19.7 Å². The predicted molar refractivity (Wildman–Crippen MR) is 138 cm³/mol. The van der Waals surface area contributed by atoms with E-state index in [9.17, 15) is 9.59 Å². The average molecular weight is 467 g/mol. The Hall–Kier alpha value is -3.90. The van der Waals surface area contributed by atoms with Crippen LogP contribution >= 0.6 is 0 Å². The zero-order valence-electron chi connectivity index (χ0n) is 20.0. The van der Waals surface area contributed by atoms with Crippen LogP contribution in [0.1, 0.15) is 32.0 Å². The molecular formula is C29H30N4O2. The largest absolute Gasteiger partial charge is 0.347 e. The molecule has 178 valence electrons. The normalized spacial score (nSPS) is 14.3. The maximum atomic E-state index is 13.2. The Bertz CT molecular complexity index is 1320. The highest BCUT2D eigenvalue weighted by Gasteiger charge is 2.20. The van der Waals surface area contributed by atoms with Crippen molar-refractivity contribution >= 4 is 22.7 Å². The van der Waals surface area contributed by atoms with Crippen molar-refractivity contribution in [3.05, 3.63) is 107 Å². The van der Waals surface area contributed by atoms with Gasteiger partial charge in [-0.05, 0) is 42.4 Å². The first kappa shape index (κ1) is 22.9. The lowest BCUT2D eigenvalue weighted by Gasteiger charge is -2.32. The summed E-state index contributed by atoms with van der Waals surface area (Å²) >= 11 is 0. The lowest BCUT2D eigenvalue weighted by atomic mass is 10.1. The van der Waals surface area contributed by atoms with E-state index in [-0.39, 0.29) is 11.8 Å². The predicted octanol–water partition coefficient (Wildman–Crippen LogP) is 4.01. The number of benzene rings is 3. The molecule has 4 aromatic rings. The number of piperazine rings is 1. The molecule has 2 amide bonds. The van der Waals surface area contributed by atoms with E-state index in [0.717, 1.165) is 48.2 Å². The number of nitrogens with one attached hydrogen (secondary N) is 1. The van der Waals surface area contributed by atoms with Gasteiger partial charge in [-0.15, -0.1) is 0 Å². The molecule has 1 saturated heterocycles. The van der Waals surface area contributed by atoms with Crippen molar-refractivity contribution in [3.63, 3.8) is 0 Å². The van der Waals surface area contributed by atoms with Gasteiger partial charge in [0.2, 0.25) is 0 Å². The third-order valence-electron chi connectivity index (χ3n) is 6.67. The molecule has 2 heterocycles. The quantitative estimate of drug-likeness (QED) is 0.467. The number of hydrogen-bond donors (Lipinski definition) is 1. The molecule has 3 aromatic carbocycles. The van der Waals surface area contributed by atoms with Crippen molar-refractivity contribution in [2.45, 2.75) is 13.1 Å². The average Bonchev–Trinajstić information content (AvgIpc) is 3.26. The van der Waals surface area contributed by atoms with Gasteiger partial charge in [0, 0.05) is 55.7 Å². The second kappa shape index (κ2) is 10.2. The molecule has 0 bridgehead atoms. The molecule has 0 unspecified atom stereocenters. The SMILES string of the molecule is CN1CCN(C(=O)c2ccc(CNC(=O)c3cc4ccccc4n3Cc3ccccc3)cc2)CC1. The van der Waals surface area contributed by atoms with Crippen LogP contribution < -0.4 is 5.32 Å². The fourth-order valence-corrected chi connectivity index (χ4v) is 4.57. The summed E-state index contributed by atoms with van der Waals surface area (Å²) in [6, 6.07) is 27.7. The Morgan fingerprint density at radius 3 is 2.23 bits per heavy atom. The molecule has 1 fully saturated rings. The first-order valence-electron chi connectivity index (χ1n) is 12.1. The molecule has 0 radical (unpaired) electrons. The van der Waals surface area contributed by atoms with Crippen molar-refractivity contribution in [3.8, 4) is 0 Å². The summed E-state index contributed by atoms with van der Waals surface area (Å²) in [6.45, 7) is 4.33. The summed E-state index contributed by atoms with van der Waals surface area (Å²) in [5.41, 5.74) is 4.46. The van der Waals surface area contributed by atoms with Gasteiger partial charge in [0.25, 0.3) is 11.8 Å². The maximum Gasteiger partial charge on any atom is 0.268 e. The van der Waals surface area contributed by atoms with Gasteiger partial charge in [0.05, 0.1) is 0 Å². The Morgan fingerprint density at radius 2 is 1.49 bits per heavy atom. The molecule has 1 aliphatic heterocycles. The van der Waals surface area contributed by atoms with Crippen LogP contribution in [0, 0.1) is 0 Å². The zero-order chi connectivity index (χ0) is 24.2. The van der Waals surface area contributed by atoms with Crippen molar-refractivity contribution in [1.29, 1.82) is 0 Å². The molecule has 1 aromatic heterocycles. The molecule has 5 rings (SSSR count). The highest BCUT2D eigenvalue weighted by Crippen LogP contribution is 2.21. The molecule has 35 heavy (non-hydrogen) atoms. The van der Waals surface area contributed by atoms with E-state index in [4.69, 9.17) is 0 Å². The van der Waals surface area contributed by atoms with Crippen molar-refractivity contribution < 1.29 is 9.59 Å². The van der Waals surface area contributed by atoms with Gasteiger partial charge in [0.1, 0.15) is 5.69 Å². The number of para-hydroxylation sites is 1. The molecular weight excluding hydrogens is 436 g/mol. The van der Waals surface area contributed by atoms with Crippen LogP contribution in [0.2, 0.25) is 0 Å². The smallest absolute Gasteiger partial charge is 0.268 e. The van der Waals surface area contributed by atoms with Crippen LogP contribution in [-0.4, -0.2) is 59.4 Å². The van der Waals surface area contributed by atoms with Gasteiger partial charge in [-0.1, -0.05) is 60.7 Å². The minimum Gasteiger partial charge on any atom is -0.347 e. The second-order valence-corrected chi connectivity index (χ2v) is 9.14. The highest BCUT2D eigenvalue weighted by atomic mass is 16.2. The van der Waals surface area contributed by atoms with Gasteiger partial charge in [-0.3, -0.25) is 9.59 Å². The first-order valence-corrected chi connectivity index (χ1v) is 12.1. The van der Waals surface area contributed by atoms with E-state index in [0.29, 0.717) is 24.3 Å². The zero-order valence-corrected chi connectivity index (χ0v) is 20.0. The van der Waals surface area contributed by atoms with Gasteiger partial charge in [-0.25, -0.2) is 0 Å². The van der Waals surface area contributed by atoms with Gasteiger partial charge in [0.15, 0.2) is 0 Å². The third kappa shape index (κ3) is 5.12. The number of carbonyl (C=O) groups excluding carboxylic acids is 2. The Labute approximate surface area is 205 Å². The van der Waals surface area contributed by atoms with E-state index >= 15 is 0 Å². The van der Waals surface area contributed by atoms with Crippen LogP contribution in [0.3, 0.4) is 0 Å². The van der Waals surface area contributed by atoms with E-state index in [1.54, 1.807) is 0 Å². The molecule has 0 aliphatic carbocycles. The summed E-state index contributed by atoms with van der Waals surface area (Å²) < 4.78 is 2.07. The summed E-state index contributed by atoms with van der Waals surface area (Å²) in [5.74, 6) is -0.0474. The van der Waals surface area contributed by atoms with Gasteiger partial charge in [-0.2, -0.15) is 0 Å². The molecule has 6 nitrogen and oxygen atoms in total. The minimum atomic E-state index is -0.116. The molecule has 1 aliphatic rings. The highest BCUT2D eigenvalue weighted by molar-refractivity contribution is 5.99. The molecule has 1 N–H and O–H groups in total. The molecule has 0 saturated carbocycles. The number of fused-ring (bicyclic) bond motifs is 1. The van der Waals surface area contributed by atoms with E-state index in [1.165, 1.54) is 0 Å². The van der Waals surface area contributed by atoms with Crippen molar-refractivity contribution in [2.75, 3.05) is 33.2 Å². The summed E-state index contributed by atoms with van der Waals surface area (Å²) in [4.78, 5) is 30.1. The van der Waals surface area contributed by atoms with Crippen LogP contribution in [0.5, 0.6) is 0 Å². The number of amides is 2. The maximum absolute atomic E-state index is 13.2. The first-order chi connectivity index (χ1) is 17.1. The number of carbonyl (C=O) groups is 2. The monoisotopic (exact) mass is 466 g/mol. The van der Waals surface area contributed by atoms with E-state index in [2.05, 4.69) is 34.0 Å². The van der Waals surface area contributed by atoms with Gasteiger partial charge >= 0.3 is 0 Å². The fourth-order valence-electron chi connectivity index (χ4n) is 4.57. The topological polar surface area (TPSA) is 57.6 Å².